The first-order valence-electron chi connectivity index (χ1n) is 7.57. The average molecular weight is 328 g/mol. The van der Waals surface area contributed by atoms with Crippen LogP contribution in [0.5, 0.6) is 0 Å². The molecule has 118 valence electrons. The molecule has 0 aliphatic heterocycles. The molecule has 2 aliphatic carbocycles. The number of ether oxygens (including phenoxy) is 1. The molecule has 5 heteroatoms. The molecule has 0 N–H and O–H groups in total. The van der Waals surface area contributed by atoms with Crippen LogP contribution in [-0.2, 0) is 9.53 Å². The highest BCUT2D eigenvalue weighted by molar-refractivity contribution is 8.23. The number of rotatable bonds is 5. The largest absolute Gasteiger partial charge is 0.482 e. The van der Waals surface area contributed by atoms with Gasteiger partial charge in [-0.1, -0.05) is 11.8 Å². The first-order chi connectivity index (χ1) is 9.82. The molecule has 0 aromatic heterocycles. The molecule has 0 bridgehead atoms. The van der Waals surface area contributed by atoms with Gasteiger partial charge in [-0.25, -0.2) is 0 Å². The maximum absolute atomic E-state index is 12.6. The fraction of sp³-hybridized carbons (Fsp3) is 0.750. The Labute approximate surface area is 137 Å². The molecule has 0 aromatic rings. The van der Waals surface area contributed by atoms with Gasteiger partial charge < -0.3 is 9.64 Å². The molecule has 0 heterocycles. The molecule has 2 aliphatic rings. The highest BCUT2D eigenvalue weighted by atomic mass is 32.2. The maximum atomic E-state index is 12.6. The van der Waals surface area contributed by atoms with Gasteiger partial charge in [-0.05, 0) is 76.1 Å². The summed E-state index contributed by atoms with van der Waals surface area (Å²) in [6, 6.07) is 0. The van der Waals surface area contributed by atoms with Gasteiger partial charge in [-0.3, -0.25) is 4.79 Å². The second kappa shape index (κ2) is 6.69. The second-order valence-electron chi connectivity index (χ2n) is 6.86. The Hall–Kier alpha value is -0.550. The summed E-state index contributed by atoms with van der Waals surface area (Å²) >= 11 is 6.29. The summed E-state index contributed by atoms with van der Waals surface area (Å²) in [7, 11) is 1.54. The standard InChI is InChI=1S/C16H25NO2S2/c1-16(2,3)17(14(18)10-21-15(20)19-4)9-13(11-5-6-11)12-7-8-12/h9,11-12H,5-8,10H2,1-4H3. The molecule has 2 rings (SSSR count). The number of nitrogens with zero attached hydrogens (tertiary/aromatic N) is 1. The predicted molar refractivity (Wildman–Crippen MR) is 92.2 cm³/mol. The Balaban J connectivity index is 2.08. The number of allylic oxidation sites excluding steroid dienone is 1. The molecule has 0 aromatic carbocycles. The van der Waals surface area contributed by atoms with Gasteiger partial charge in [0.05, 0.1) is 12.9 Å². The van der Waals surface area contributed by atoms with E-state index in [1.54, 1.807) is 7.11 Å². The Morgan fingerprint density at radius 2 is 1.81 bits per heavy atom. The van der Waals surface area contributed by atoms with Crippen molar-refractivity contribution in [3.05, 3.63) is 11.8 Å². The zero-order valence-electron chi connectivity index (χ0n) is 13.3. The van der Waals surface area contributed by atoms with Gasteiger partial charge in [0.25, 0.3) is 0 Å². The van der Waals surface area contributed by atoms with Crippen LogP contribution in [0.15, 0.2) is 11.8 Å². The molecular formula is C16H25NO2S2. The minimum atomic E-state index is -0.207. The lowest BCUT2D eigenvalue weighted by Gasteiger charge is -2.34. The van der Waals surface area contributed by atoms with Crippen molar-refractivity contribution in [3.63, 3.8) is 0 Å². The highest BCUT2D eigenvalue weighted by Crippen LogP contribution is 2.49. The van der Waals surface area contributed by atoms with Gasteiger partial charge in [-0.15, -0.1) is 0 Å². The van der Waals surface area contributed by atoms with Crippen molar-refractivity contribution in [3.8, 4) is 0 Å². The van der Waals surface area contributed by atoms with Crippen LogP contribution in [0, 0.1) is 11.8 Å². The lowest BCUT2D eigenvalue weighted by atomic mass is 10.0. The van der Waals surface area contributed by atoms with E-state index in [0.717, 1.165) is 11.8 Å². The summed E-state index contributed by atoms with van der Waals surface area (Å²) < 4.78 is 5.37. The first kappa shape index (κ1) is 16.8. The molecule has 3 nitrogen and oxygen atoms in total. The van der Waals surface area contributed by atoms with E-state index >= 15 is 0 Å². The number of thiocarbonyl (C=S) groups is 1. The molecule has 2 saturated carbocycles. The maximum Gasteiger partial charge on any atom is 0.237 e. The van der Waals surface area contributed by atoms with Gasteiger partial charge in [-0.2, -0.15) is 0 Å². The molecule has 0 saturated heterocycles. The zero-order chi connectivity index (χ0) is 15.6. The molecule has 0 spiro atoms. The van der Waals surface area contributed by atoms with E-state index in [4.69, 9.17) is 17.0 Å². The van der Waals surface area contributed by atoms with Crippen molar-refractivity contribution in [1.29, 1.82) is 0 Å². The third kappa shape index (κ3) is 4.99. The average Bonchev–Trinajstić information content (AvgIpc) is 3.26. The molecule has 1 amide bonds. The van der Waals surface area contributed by atoms with Crippen molar-refractivity contribution in [2.24, 2.45) is 11.8 Å². The number of amides is 1. The minimum absolute atomic E-state index is 0.103. The van der Waals surface area contributed by atoms with Crippen LogP contribution in [-0.4, -0.2) is 33.6 Å². The molecule has 0 unspecified atom stereocenters. The molecular weight excluding hydrogens is 302 g/mol. The van der Waals surface area contributed by atoms with E-state index in [1.165, 1.54) is 43.0 Å². The molecule has 2 fully saturated rings. The van der Waals surface area contributed by atoms with E-state index < -0.39 is 0 Å². The van der Waals surface area contributed by atoms with Crippen molar-refractivity contribution in [2.45, 2.75) is 52.0 Å². The predicted octanol–water partition coefficient (Wildman–Crippen LogP) is 3.98. The molecule has 0 atom stereocenters. The van der Waals surface area contributed by atoms with Gasteiger partial charge in [0.2, 0.25) is 10.3 Å². The fourth-order valence-electron chi connectivity index (χ4n) is 2.42. The van der Waals surface area contributed by atoms with Gasteiger partial charge in [0, 0.05) is 11.7 Å². The Kier molecular flexibility index (Phi) is 5.36. The summed E-state index contributed by atoms with van der Waals surface area (Å²) in [4.78, 5) is 14.5. The van der Waals surface area contributed by atoms with E-state index in [-0.39, 0.29) is 11.4 Å². The third-order valence-corrected chi connectivity index (χ3v) is 5.16. The smallest absolute Gasteiger partial charge is 0.237 e. The summed E-state index contributed by atoms with van der Waals surface area (Å²) in [5, 5.41) is 0. The van der Waals surface area contributed by atoms with E-state index in [9.17, 15) is 4.79 Å². The fourth-order valence-corrected chi connectivity index (χ4v) is 3.09. The number of hydrogen-bond donors (Lipinski definition) is 0. The van der Waals surface area contributed by atoms with Crippen LogP contribution in [0.4, 0.5) is 0 Å². The molecule has 0 radical (unpaired) electrons. The van der Waals surface area contributed by atoms with Crippen molar-refractivity contribution in [2.75, 3.05) is 12.9 Å². The lowest BCUT2D eigenvalue weighted by Crippen LogP contribution is -2.43. The number of hydrogen-bond acceptors (Lipinski definition) is 4. The van der Waals surface area contributed by atoms with Crippen LogP contribution in [0.3, 0.4) is 0 Å². The number of methoxy groups -OCH3 is 1. The highest BCUT2D eigenvalue weighted by Gasteiger charge is 2.38. The number of thioether (sulfide) groups is 1. The van der Waals surface area contributed by atoms with Gasteiger partial charge >= 0.3 is 0 Å². The SMILES string of the molecule is COC(=S)SCC(=O)N(C=C(C1CC1)C1CC1)C(C)(C)C. The van der Waals surface area contributed by atoms with Gasteiger partial charge in [0.15, 0.2) is 0 Å². The van der Waals surface area contributed by atoms with Crippen LogP contribution in [0.1, 0.15) is 46.5 Å². The van der Waals surface area contributed by atoms with E-state index in [0.29, 0.717) is 10.1 Å². The van der Waals surface area contributed by atoms with Crippen LogP contribution < -0.4 is 0 Å². The van der Waals surface area contributed by atoms with Crippen LogP contribution in [0.2, 0.25) is 0 Å². The van der Waals surface area contributed by atoms with Crippen molar-refractivity contribution in [1.82, 2.24) is 4.90 Å². The second-order valence-corrected chi connectivity index (χ2v) is 8.43. The Bertz CT molecular complexity index is 432. The minimum Gasteiger partial charge on any atom is -0.482 e. The van der Waals surface area contributed by atoms with Crippen LogP contribution >= 0.6 is 24.0 Å². The van der Waals surface area contributed by atoms with Crippen molar-refractivity contribution >= 4 is 34.3 Å². The third-order valence-electron chi connectivity index (χ3n) is 3.85. The lowest BCUT2D eigenvalue weighted by molar-refractivity contribution is -0.129. The van der Waals surface area contributed by atoms with E-state index in [2.05, 4.69) is 27.0 Å². The zero-order valence-corrected chi connectivity index (χ0v) is 15.0. The van der Waals surface area contributed by atoms with Crippen molar-refractivity contribution < 1.29 is 9.53 Å². The summed E-state index contributed by atoms with van der Waals surface area (Å²) in [5.74, 6) is 1.89. The van der Waals surface area contributed by atoms with Gasteiger partial charge in [0.1, 0.15) is 0 Å². The first-order valence-corrected chi connectivity index (χ1v) is 8.97. The van der Waals surface area contributed by atoms with Crippen LogP contribution in [0.25, 0.3) is 0 Å². The normalized spacial score (nSPS) is 18.1. The summed E-state index contributed by atoms with van der Waals surface area (Å²) in [6.07, 6.45) is 7.30. The monoisotopic (exact) mass is 327 g/mol. The quantitative estimate of drug-likeness (QED) is 0.714. The molecule has 21 heavy (non-hydrogen) atoms. The Morgan fingerprint density at radius 1 is 1.29 bits per heavy atom. The topological polar surface area (TPSA) is 29.5 Å². The summed E-state index contributed by atoms with van der Waals surface area (Å²) in [5.41, 5.74) is 1.29. The number of carbonyl (C=O) groups excluding carboxylic acids is 1. The Morgan fingerprint density at radius 3 is 2.19 bits per heavy atom. The number of carbonyl (C=O) groups is 1. The van der Waals surface area contributed by atoms with E-state index in [1.807, 2.05) is 4.90 Å². The summed E-state index contributed by atoms with van der Waals surface area (Å²) in [6.45, 7) is 6.24.